The molecule has 2 aromatic carbocycles. The van der Waals surface area contributed by atoms with Gasteiger partial charge in [0.1, 0.15) is 0 Å². The largest absolute Gasteiger partial charge is 0.306 e. The molecule has 3 aromatic rings. The van der Waals surface area contributed by atoms with E-state index >= 15 is 0 Å². The number of rotatable bonds is 5. The van der Waals surface area contributed by atoms with Crippen LogP contribution in [-0.2, 0) is 6.54 Å². The minimum absolute atomic E-state index is 0.214. The van der Waals surface area contributed by atoms with Crippen LogP contribution in [0.3, 0.4) is 0 Å². The number of benzene rings is 2. The summed E-state index contributed by atoms with van der Waals surface area (Å²) in [6.07, 6.45) is 1.94. The first-order chi connectivity index (χ1) is 11.1. The molecule has 0 aliphatic rings. The molecule has 118 valence electrons. The molecule has 0 unspecified atom stereocenters. The second kappa shape index (κ2) is 6.99. The zero-order valence-corrected chi connectivity index (χ0v) is 14.1. The van der Waals surface area contributed by atoms with Crippen LogP contribution in [0.4, 0.5) is 0 Å². The first-order valence-electron chi connectivity index (χ1n) is 7.73. The van der Waals surface area contributed by atoms with Crippen molar-refractivity contribution in [1.29, 1.82) is 0 Å². The third kappa shape index (κ3) is 3.63. The second-order valence-corrected chi connectivity index (χ2v) is 6.10. The molecule has 0 radical (unpaired) electrons. The zero-order chi connectivity index (χ0) is 16.2. The minimum Gasteiger partial charge on any atom is -0.306 e. The fourth-order valence-corrected chi connectivity index (χ4v) is 2.92. The van der Waals surface area contributed by atoms with E-state index < -0.39 is 0 Å². The number of halogens is 1. The van der Waals surface area contributed by atoms with Gasteiger partial charge in [-0.25, -0.2) is 4.68 Å². The Bertz CT molecular complexity index is 780. The van der Waals surface area contributed by atoms with Crippen molar-refractivity contribution in [2.45, 2.75) is 26.4 Å². The van der Waals surface area contributed by atoms with Crippen LogP contribution in [0.1, 0.15) is 29.8 Å². The molecular weight excluding hydrogens is 306 g/mol. The SMILES string of the molecule is Cc1c([C@@H](C)NCc2cccc(Cl)c2)cnn1-c1ccccc1. The Morgan fingerprint density at radius 2 is 1.91 bits per heavy atom. The summed E-state index contributed by atoms with van der Waals surface area (Å²) in [6, 6.07) is 18.3. The van der Waals surface area contributed by atoms with E-state index in [0.29, 0.717) is 0 Å². The second-order valence-electron chi connectivity index (χ2n) is 5.67. The van der Waals surface area contributed by atoms with Crippen molar-refractivity contribution >= 4 is 11.6 Å². The lowest BCUT2D eigenvalue weighted by atomic mass is 10.1. The molecule has 0 aliphatic heterocycles. The molecule has 0 aliphatic carbocycles. The van der Waals surface area contributed by atoms with Gasteiger partial charge in [-0.3, -0.25) is 0 Å². The summed E-state index contributed by atoms with van der Waals surface area (Å²) >= 11 is 6.03. The number of hydrogen-bond donors (Lipinski definition) is 1. The predicted octanol–water partition coefficient (Wildman–Crippen LogP) is 4.68. The number of hydrogen-bond acceptors (Lipinski definition) is 2. The first kappa shape index (κ1) is 15.8. The van der Waals surface area contributed by atoms with Crippen molar-refractivity contribution in [3.8, 4) is 5.69 Å². The maximum Gasteiger partial charge on any atom is 0.0648 e. The fourth-order valence-electron chi connectivity index (χ4n) is 2.70. The van der Waals surface area contributed by atoms with Gasteiger partial charge in [0.15, 0.2) is 0 Å². The smallest absolute Gasteiger partial charge is 0.0648 e. The van der Waals surface area contributed by atoms with Gasteiger partial charge in [0.05, 0.1) is 11.9 Å². The Balaban J connectivity index is 1.73. The molecule has 3 nitrogen and oxygen atoms in total. The summed E-state index contributed by atoms with van der Waals surface area (Å²) in [5.41, 5.74) is 4.62. The summed E-state index contributed by atoms with van der Waals surface area (Å²) in [4.78, 5) is 0. The van der Waals surface area contributed by atoms with Crippen molar-refractivity contribution in [2.75, 3.05) is 0 Å². The standard InChI is InChI=1S/C19H20ClN3/c1-14(21-12-16-7-6-8-17(20)11-16)19-13-22-23(15(19)2)18-9-4-3-5-10-18/h3-11,13-14,21H,12H2,1-2H3/t14-/m1/s1. The van der Waals surface area contributed by atoms with E-state index in [-0.39, 0.29) is 6.04 Å². The Morgan fingerprint density at radius 3 is 2.65 bits per heavy atom. The first-order valence-corrected chi connectivity index (χ1v) is 8.10. The van der Waals surface area contributed by atoms with E-state index in [9.17, 15) is 0 Å². The van der Waals surface area contributed by atoms with Gasteiger partial charge in [-0.2, -0.15) is 5.10 Å². The van der Waals surface area contributed by atoms with Crippen LogP contribution in [0.2, 0.25) is 5.02 Å². The molecule has 1 atom stereocenters. The molecule has 0 fully saturated rings. The number of para-hydroxylation sites is 1. The van der Waals surface area contributed by atoms with Crippen molar-refractivity contribution in [3.63, 3.8) is 0 Å². The third-order valence-electron chi connectivity index (χ3n) is 4.02. The van der Waals surface area contributed by atoms with Gasteiger partial charge < -0.3 is 5.32 Å². The molecule has 0 amide bonds. The Kier molecular flexibility index (Phi) is 4.79. The van der Waals surface area contributed by atoms with E-state index in [1.807, 2.05) is 47.3 Å². The van der Waals surface area contributed by atoms with E-state index in [0.717, 1.165) is 22.9 Å². The lowest BCUT2D eigenvalue weighted by molar-refractivity contribution is 0.571. The van der Waals surface area contributed by atoms with Crippen LogP contribution >= 0.6 is 11.6 Å². The summed E-state index contributed by atoms with van der Waals surface area (Å²) in [6.45, 7) is 5.04. The molecule has 1 N–H and O–H groups in total. The monoisotopic (exact) mass is 325 g/mol. The fraction of sp³-hybridized carbons (Fsp3) is 0.211. The molecule has 4 heteroatoms. The van der Waals surface area contributed by atoms with Crippen LogP contribution in [-0.4, -0.2) is 9.78 Å². The molecule has 0 saturated carbocycles. The highest BCUT2D eigenvalue weighted by atomic mass is 35.5. The number of nitrogens with zero attached hydrogens (tertiary/aromatic N) is 2. The van der Waals surface area contributed by atoms with E-state index in [2.05, 4.69) is 42.5 Å². The van der Waals surface area contributed by atoms with Gasteiger partial charge in [-0.15, -0.1) is 0 Å². The highest BCUT2D eigenvalue weighted by Gasteiger charge is 2.13. The van der Waals surface area contributed by atoms with Gasteiger partial charge in [0, 0.05) is 28.9 Å². The Morgan fingerprint density at radius 1 is 1.13 bits per heavy atom. The predicted molar refractivity (Wildman–Crippen MR) is 95.0 cm³/mol. The van der Waals surface area contributed by atoms with Crippen LogP contribution in [0, 0.1) is 6.92 Å². The molecule has 1 aromatic heterocycles. The van der Waals surface area contributed by atoms with Gasteiger partial charge in [-0.1, -0.05) is 41.9 Å². The molecule has 3 rings (SSSR count). The number of nitrogens with one attached hydrogen (secondary N) is 1. The van der Waals surface area contributed by atoms with Crippen molar-refractivity contribution < 1.29 is 0 Å². The summed E-state index contributed by atoms with van der Waals surface area (Å²) in [7, 11) is 0. The van der Waals surface area contributed by atoms with E-state index in [1.165, 1.54) is 11.1 Å². The van der Waals surface area contributed by atoms with Crippen molar-refractivity contribution in [3.05, 3.63) is 82.6 Å². The van der Waals surface area contributed by atoms with Crippen molar-refractivity contribution in [1.82, 2.24) is 15.1 Å². The Hall–Kier alpha value is -2.10. The van der Waals surface area contributed by atoms with Gasteiger partial charge >= 0.3 is 0 Å². The average molecular weight is 326 g/mol. The van der Waals surface area contributed by atoms with Gasteiger partial charge in [-0.05, 0) is 43.7 Å². The van der Waals surface area contributed by atoms with Crippen LogP contribution < -0.4 is 5.32 Å². The van der Waals surface area contributed by atoms with E-state index in [4.69, 9.17) is 11.6 Å². The summed E-state index contributed by atoms with van der Waals surface area (Å²) < 4.78 is 1.98. The quantitative estimate of drug-likeness (QED) is 0.737. The highest BCUT2D eigenvalue weighted by molar-refractivity contribution is 6.30. The molecule has 0 bridgehead atoms. The highest BCUT2D eigenvalue weighted by Crippen LogP contribution is 2.20. The van der Waals surface area contributed by atoms with Gasteiger partial charge in [0.25, 0.3) is 0 Å². The summed E-state index contributed by atoms with van der Waals surface area (Å²) in [5, 5.41) is 8.84. The third-order valence-corrected chi connectivity index (χ3v) is 4.25. The Labute approximate surface area is 141 Å². The van der Waals surface area contributed by atoms with Crippen LogP contribution in [0.15, 0.2) is 60.8 Å². The van der Waals surface area contributed by atoms with E-state index in [1.54, 1.807) is 0 Å². The number of aromatic nitrogens is 2. The molecule has 23 heavy (non-hydrogen) atoms. The average Bonchev–Trinajstić information content (AvgIpc) is 2.95. The lowest BCUT2D eigenvalue weighted by Crippen LogP contribution is -2.18. The lowest BCUT2D eigenvalue weighted by Gasteiger charge is -2.14. The zero-order valence-electron chi connectivity index (χ0n) is 13.3. The van der Waals surface area contributed by atoms with Crippen LogP contribution in [0.5, 0.6) is 0 Å². The van der Waals surface area contributed by atoms with Crippen LogP contribution in [0.25, 0.3) is 5.69 Å². The topological polar surface area (TPSA) is 29.9 Å². The summed E-state index contributed by atoms with van der Waals surface area (Å²) in [5.74, 6) is 0. The molecule has 0 saturated heterocycles. The minimum atomic E-state index is 0.214. The van der Waals surface area contributed by atoms with Gasteiger partial charge in [0.2, 0.25) is 0 Å². The molecule has 0 spiro atoms. The normalized spacial score (nSPS) is 12.3. The maximum absolute atomic E-state index is 6.03. The van der Waals surface area contributed by atoms with Crippen molar-refractivity contribution in [2.24, 2.45) is 0 Å². The molecule has 1 heterocycles. The maximum atomic E-state index is 6.03. The molecular formula is C19H20ClN3.